The van der Waals surface area contributed by atoms with E-state index in [-0.39, 0.29) is 10.4 Å². The van der Waals surface area contributed by atoms with Gasteiger partial charge in [-0.05, 0) is 30.9 Å². The molecule has 2 aromatic rings. The Bertz CT molecular complexity index is 976. The molecule has 1 aliphatic carbocycles. The average Bonchev–Trinajstić information content (AvgIpc) is 3.38. The molecule has 4 rings (SSSR count). The van der Waals surface area contributed by atoms with Gasteiger partial charge in [0.1, 0.15) is 0 Å². The minimum absolute atomic E-state index is 0.109. The Labute approximate surface area is 172 Å². The first-order valence-electron chi connectivity index (χ1n) is 10.0. The largest absolute Gasteiger partial charge is 0.384 e. The highest BCUT2D eigenvalue weighted by atomic mass is 32.2. The van der Waals surface area contributed by atoms with Crippen molar-refractivity contribution in [1.29, 1.82) is 0 Å². The van der Waals surface area contributed by atoms with Gasteiger partial charge < -0.3 is 4.74 Å². The molecule has 0 spiro atoms. The maximum absolute atomic E-state index is 12.8. The number of sulfonamides is 1. The summed E-state index contributed by atoms with van der Waals surface area (Å²) in [7, 11) is -0.120. The number of hydrogen-bond donors (Lipinski definition) is 0. The van der Waals surface area contributed by atoms with Crippen LogP contribution in [-0.4, -0.2) is 61.6 Å². The first-order chi connectivity index (χ1) is 13.9. The maximum Gasteiger partial charge on any atom is 0.262 e. The quantitative estimate of drug-likeness (QED) is 0.695. The summed E-state index contributed by atoms with van der Waals surface area (Å²) in [6, 6.07) is 12.0. The molecule has 7 nitrogen and oxygen atoms in total. The molecule has 0 radical (unpaired) electrons. The van der Waals surface area contributed by atoms with Gasteiger partial charge in [-0.15, -0.1) is 0 Å². The van der Waals surface area contributed by atoms with Crippen molar-refractivity contribution >= 4 is 15.7 Å². The molecule has 0 N–H and O–H groups in total. The monoisotopic (exact) mass is 416 g/mol. The van der Waals surface area contributed by atoms with Crippen LogP contribution in [0.1, 0.15) is 30.7 Å². The molecule has 8 heteroatoms. The van der Waals surface area contributed by atoms with E-state index < -0.39 is 10.0 Å². The van der Waals surface area contributed by atoms with Crippen LogP contribution in [0.5, 0.6) is 0 Å². The minimum atomic E-state index is -3.55. The lowest BCUT2D eigenvalue weighted by Crippen LogP contribution is -2.46. The zero-order valence-corrected chi connectivity index (χ0v) is 17.8. The number of aromatic nitrogens is 2. The highest BCUT2D eigenvalue weighted by Crippen LogP contribution is 2.40. The van der Waals surface area contributed by atoms with Crippen LogP contribution >= 0.6 is 0 Å². The summed E-state index contributed by atoms with van der Waals surface area (Å²) in [4.78, 5) is 4.91. The van der Waals surface area contributed by atoms with Crippen molar-refractivity contribution in [3.63, 3.8) is 0 Å². The fourth-order valence-electron chi connectivity index (χ4n) is 4.11. The van der Waals surface area contributed by atoms with Crippen molar-refractivity contribution in [3.8, 4) is 0 Å². The number of benzene rings is 1. The lowest BCUT2D eigenvalue weighted by atomic mass is 9.79. The van der Waals surface area contributed by atoms with E-state index in [0.717, 1.165) is 19.3 Å². The molecule has 2 aliphatic rings. The van der Waals surface area contributed by atoms with E-state index in [0.29, 0.717) is 32.2 Å². The number of rotatable bonds is 7. The van der Waals surface area contributed by atoms with Crippen molar-refractivity contribution in [1.82, 2.24) is 14.1 Å². The second-order valence-electron chi connectivity index (χ2n) is 8.14. The molecule has 0 amide bonds. The standard InChI is InChI=1S/C21H28N4O3S/c1-24-11-8-20(23-24)29(26,27)25-12-9-21(10-13-25,16-28-2)15-22-19-14-18(19)17-6-4-3-5-7-17/h3-8,11,18H,9-10,12-16H2,1-2H3. The zero-order chi connectivity index (χ0) is 20.5. The van der Waals surface area contributed by atoms with Crippen molar-refractivity contribution in [2.45, 2.75) is 30.2 Å². The number of aliphatic imine (C=N–C) groups is 1. The molecule has 1 unspecified atom stereocenters. The number of piperidine rings is 1. The van der Waals surface area contributed by atoms with E-state index in [1.165, 1.54) is 16.0 Å². The Kier molecular flexibility index (Phi) is 5.59. The number of hydrogen-bond acceptors (Lipinski definition) is 5. The predicted octanol–water partition coefficient (Wildman–Crippen LogP) is 2.47. The molecular weight excluding hydrogens is 388 g/mol. The van der Waals surface area contributed by atoms with Crippen LogP contribution in [0.3, 0.4) is 0 Å². The third kappa shape index (κ3) is 4.29. The SMILES string of the molecule is COCC1(CN=C2CC2c2ccccc2)CCN(S(=O)(=O)c2ccn(C)n2)CC1. The van der Waals surface area contributed by atoms with E-state index in [4.69, 9.17) is 9.73 Å². The minimum Gasteiger partial charge on any atom is -0.384 e. The van der Waals surface area contributed by atoms with Crippen LogP contribution in [0, 0.1) is 5.41 Å². The summed E-state index contributed by atoms with van der Waals surface area (Å²) in [5.74, 6) is 0.445. The molecule has 1 saturated heterocycles. The fourth-order valence-corrected chi connectivity index (χ4v) is 5.50. The van der Waals surface area contributed by atoms with Gasteiger partial charge in [0.05, 0.1) is 6.61 Å². The lowest BCUT2D eigenvalue weighted by Gasteiger charge is -2.39. The maximum atomic E-state index is 12.8. The molecule has 1 aromatic heterocycles. The van der Waals surface area contributed by atoms with Gasteiger partial charge in [-0.25, -0.2) is 8.42 Å². The van der Waals surface area contributed by atoms with E-state index in [2.05, 4.69) is 29.4 Å². The highest BCUT2D eigenvalue weighted by molar-refractivity contribution is 7.89. The average molecular weight is 417 g/mol. The van der Waals surface area contributed by atoms with Gasteiger partial charge >= 0.3 is 0 Å². The zero-order valence-electron chi connectivity index (χ0n) is 17.0. The van der Waals surface area contributed by atoms with Crippen LogP contribution < -0.4 is 0 Å². The van der Waals surface area contributed by atoms with Crippen LogP contribution in [0.25, 0.3) is 0 Å². The molecule has 156 valence electrons. The molecule has 0 bridgehead atoms. The molecule has 1 aromatic carbocycles. The number of methoxy groups -OCH3 is 1. The number of ether oxygens (including phenoxy) is 1. The molecule has 1 atom stereocenters. The normalized spacial score (nSPS) is 23.4. The topological polar surface area (TPSA) is 76.8 Å². The second kappa shape index (κ2) is 8.01. The third-order valence-electron chi connectivity index (χ3n) is 6.00. The van der Waals surface area contributed by atoms with Crippen LogP contribution in [0.4, 0.5) is 0 Å². The molecule has 2 heterocycles. The highest BCUT2D eigenvalue weighted by Gasteiger charge is 2.40. The fraction of sp³-hybridized carbons (Fsp3) is 0.524. The van der Waals surface area contributed by atoms with E-state index in [1.807, 2.05) is 6.07 Å². The van der Waals surface area contributed by atoms with Gasteiger partial charge in [0.2, 0.25) is 0 Å². The van der Waals surface area contributed by atoms with Gasteiger partial charge in [-0.2, -0.15) is 9.40 Å². The Balaban J connectivity index is 1.41. The molecule has 1 saturated carbocycles. The van der Waals surface area contributed by atoms with Crippen molar-refractivity contribution in [2.75, 3.05) is 33.4 Å². The Morgan fingerprint density at radius 3 is 2.55 bits per heavy atom. The van der Waals surface area contributed by atoms with Crippen molar-refractivity contribution in [3.05, 3.63) is 48.2 Å². The molecule has 1 aliphatic heterocycles. The van der Waals surface area contributed by atoms with Crippen LogP contribution in [0.2, 0.25) is 0 Å². The van der Waals surface area contributed by atoms with Crippen LogP contribution in [0.15, 0.2) is 52.6 Å². The summed E-state index contributed by atoms with van der Waals surface area (Å²) in [6.07, 6.45) is 4.15. The summed E-state index contributed by atoms with van der Waals surface area (Å²) in [5, 5.41) is 4.19. The molecule has 29 heavy (non-hydrogen) atoms. The Hall–Kier alpha value is -2.03. The van der Waals surface area contributed by atoms with Gasteiger partial charge in [0, 0.05) is 57.0 Å². The van der Waals surface area contributed by atoms with Gasteiger partial charge in [0.15, 0.2) is 5.03 Å². The summed E-state index contributed by atoms with van der Waals surface area (Å²) < 4.78 is 34.2. The lowest BCUT2D eigenvalue weighted by molar-refractivity contribution is 0.0459. The first-order valence-corrected chi connectivity index (χ1v) is 11.4. The summed E-state index contributed by atoms with van der Waals surface area (Å²) in [5.41, 5.74) is 2.46. The number of aryl methyl sites for hydroxylation is 1. The third-order valence-corrected chi connectivity index (χ3v) is 7.79. The smallest absolute Gasteiger partial charge is 0.262 e. The summed E-state index contributed by atoms with van der Waals surface area (Å²) >= 11 is 0. The van der Waals surface area contributed by atoms with Gasteiger partial charge in [0.25, 0.3) is 10.0 Å². The van der Waals surface area contributed by atoms with Gasteiger partial charge in [-0.1, -0.05) is 30.3 Å². The predicted molar refractivity (Wildman–Crippen MR) is 112 cm³/mol. The first kappa shape index (κ1) is 20.3. The van der Waals surface area contributed by atoms with Crippen molar-refractivity contribution < 1.29 is 13.2 Å². The van der Waals surface area contributed by atoms with E-state index in [9.17, 15) is 8.42 Å². The van der Waals surface area contributed by atoms with Crippen LogP contribution in [-0.2, 0) is 21.8 Å². The Morgan fingerprint density at radius 2 is 1.93 bits per heavy atom. The van der Waals surface area contributed by atoms with E-state index in [1.54, 1.807) is 30.7 Å². The molecular formula is C21H28N4O3S. The molecule has 2 fully saturated rings. The van der Waals surface area contributed by atoms with Gasteiger partial charge in [-0.3, -0.25) is 9.67 Å². The number of nitrogens with zero attached hydrogens (tertiary/aromatic N) is 4. The second-order valence-corrected chi connectivity index (χ2v) is 10.0. The van der Waals surface area contributed by atoms with Crippen molar-refractivity contribution in [2.24, 2.45) is 17.5 Å². The Morgan fingerprint density at radius 1 is 1.21 bits per heavy atom. The summed E-state index contributed by atoms with van der Waals surface area (Å²) in [6.45, 7) is 2.22. The van der Waals surface area contributed by atoms with E-state index >= 15 is 0 Å².